The van der Waals surface area contributed by atoms with Gasteiger partial charge in [-0.3, -0.25) is 4.68 Å². The second-order valence-electron chi connectivity index (χ2n) is 4.64. The minimum atomic E-state index is -3.70. The number of halogens is 1. The van der Waals surface area contributed by atoms with Crippen LogP contribution in [0.25, 0.3) is 0 Å². The molecule has 0 spiro atoms. The molecule has 0 bridgehead atoms. The highest BCUT2D eigenvalue weighted by Crippen LogP contribution is 2.23. The SMILES string of the molecule is CCc1nn(C)cc1CNS(=O)(=O)c1ccc(N)cc1Cl. The van der Waals surface area contributed by atoms with Gasteiger partial charge in [-0.1, -0.05) is 18.5 Å². The van der Waals surface area contributed by atoms with Crippen LogP contribution < -0.4 is 10.5 Å². The molecule has 0 amide bonds. The van der Waals surface area contributed by atoms with E-state index in [4.69, 9.17) is 17.3 Å². The van der Waals surface area contributed by atoms with Crippen LogP contribution in [0.5, 0.6) is 0 Å². The molecule has 0 fully saturated rings. The first-order valence-electron chi connectivity index (χ1n) is 6.39. The van der Waals surface area contributed by atoms with E-state index in [1.54, 1.807) is 17.9 Å². The molecule has 1 aromatic carbocycles. The number of anilines is 1. The van der Waals surface area contributed by atoms with Crippen molar-refractivity contribution in [3.63, 3.8) is 0 Å². The number of hydrogen-bond acceptors (Lipinski definition) is 4. The zero-order chi connectivity index (χ0) is 15.6. The monoisotopic (exact) mass is 328 g/mol. The number of benzene rings is 1. The van der Waals surface area contributed by atoms with Crippen molar-refractivity contribution in [1.82, 2.24) is 14.5 Å². The lowest BCUT2D eigenvalue weighted by atomic mass is 10.2. The third-order valence-electron chi connectivity index (χ3n) is 3.02. The van der Waals surface area contributed by atoms with Crippen molar-refractivity contribution in [1.29, 1.82) is 0 Å². The van der Waals surface area contributed by atoms with Gasteiger partial charge in [-0.2, -0.15) is 5.10 Å². The predicted octanol–water partition coefficient (Wildman–Crippen LogP) is 1.70. The first-order valence-corrected chi connectivity index (χ1v) is 8.25. The van der Waals surface area contributed by atoms with Crippen molar-refractivity contribution < 1.29 is 8.42 Å². The van der Waals surface area contributed by atoms with Crippen LogP contribution in [0.1, 0.15) is 18.2 Å². The topological polar surface area (TPSA) is 90.0 Å². The third kappa shape index (κ3) is 3.55. The van der Waals surface area contributed by atoms with Crippen LogP contribution in [0, 0.1) is 0 Å². The van der Waals surface area contributed by atoms with Crippen molar-refractivity contribution in [2.24, 2.45) is 7.05 Å². The van der Waals surface area contributed by atoms with E-state index in [0.29, 0.717) is 5.69 Å². The van der Waals surface area contributed by atoms with E-state index >= 15 is 0 Å². The summed E-state index contributed by atoms with van der Waals surface area (Å²) in [5.41, 5.74) is 7.69. The van der Waals surface area contributed by atoms with Gasteiger partial charge >= 0.3 is 0 Å². The molecule has 2 aromatic rings. The average molecular weight is 329 g/mol. The largest absolute Gasteiger partial charge is 0.399 e. The summed E-state index contributed by atoms with van der Waals surface area (Å²) in [5, 5.41) is 4.37. The Morgan fingerprint density at radius 2 is 2.14 bits per heavy atom. The molecule has 21 heavy (non-hydrogen) atoms. The lowest BCUT2D eigenvalue weighted by molar-refractivity contribution is 0.581. The van der Waals surface area contributed by atoms with E-state index in [9.17, 15) is 8.42 Å². The van der Waals surface area contributed by atoms with Crippen LogP contribution in [0.3, 0.4) is 0 Å². The average Bonchev–Trinajstić information content (AvgIpc) is 2.76. The van der Waals surface area contributed by atoms with Gasteiger partial charge in [0.1, 0.15) is 4.90 Å². The molecule has 2 rings (SSSR count). The molecule has 3 N–H and O–H groups in total. The maximum atomic E-state index is 12.3. The number of aromatic nitrogens is 2. The van der Waals surface area contributed by atoms with Gasteiger partial charge < -0.3 is 5.73 Å². The van der Waals surface area contributed by atoms with E-state index in [2.05, 4.69) is 9.82 Å². The summed E-state index contributed by atoms with van der Waals surface area (Å²) in [6.07, 6.45) is 2.53. The molecule has 0 saturated heterocycles. The van der Waals surface area contributed by atoms with Gasteiger partial charge in [0.25, 0.3) is 0 Å². The lowest BCUT2D eigenvalue weighted by Crippen LogP contribution is -2.24. The van der Waals surface area contributed by atoms with Crippen LogP contribution in [0.2, 0.25) is 5.02 Å². The summed E-state index contributed by atoms with van der Waals surface area (Å²) < 4.78 is 28.8. The van der Waals surface area contributed by atoms with Gasteiger partial charge in [0.2, 0.25) is 10.0 Å². The van der Waals surface area contributed by atoms with E-state index in [1.807, 2.05) is 6.92 Å². The quantitative estimate of drug-likeness (QED) is 0.817. The first kappa shape index (κ1) is 15.8. The van der Waals surface area contributed by atoms with Crippen LogP contribution in [-0.2, 0) is 30.0 Å². The number of rotatable bonds is 5. The summed E-state index contributed by atoms with van der Waals surface area (Å²) in [6, 6.07) is 4.31. The van der Waals surface area contributed by atoms with Gasteiger partial charge in [-0.25, -0.2) is 13.1 Å². The minimum absolute atomic E-state index is 0.0142. The van der Waals surface area contributed by atoms with E-state index < -0.39 is 10.0 Å². The molecule has 1 aromatic heterocycles. The predicted molar refractivity (Wildman–Crippen MR) is 82.5 cm³/mol. The fourth-order valence-corrected chi connectivity index (χ4v) is 3.57. The van der Waals surface area contributed by atoms with Crippen LogP contribution in [0.4, 0.5) is 5.69 Å². The first-order chi connectivity index (χ1) is 9.83. The minimum Gasteiger partial charge on any atom is -0.399 e. The smallest absolute Gasteiger partial charge is 0.242 e. The second-order valence-corrected chi connectivity index (χ2v) is 6.79. The third-order valence-corrected chi connectivity index (χ3v) is 4.91. The van der Waals surface area contributed by atoms with E-state index in [0.717, 1.165) is 17.7 Å². The van der Waals surface area contributed by atoms with Crippen molar-refractivity contribution in [2.45, 2.75) is 24.8 Å². The number of nitrogens with zero attached hydrogens (tertiary/aromatic N) is 2. The van der Waals surface area contributed by atoms with Gasteiger partial charge in [-0.15, -0.1) is 0 Å². The summed E-state index contributed by atoms with van der Waals surface area (Å²) in [6.45, 7) is 2.14. The lowest BCUT2D eigenvalue weighted by Gasteiger charge is -2.08. The summed E-state index contributed by atoms with van der Waals surface area (Å²) in [7, 11) is -1.90. The number of nitrogens with one attached hydrogen (secondary N) is 1. The molecule has 114 valence electrons. The highest BCUT2D eigenvalue weighted by Gasteiger charge is 2.18. The van der Waals surface area contributed by atoms with Gasteiger partial charge in [-0.05, 0) is 24.6 Å². The fourth-order valence-electron chi connectivity index (χ4n) is 2.01. The van der Waals surface area contributed by atoms with Gasteiger partial charge in [0, 0.05) is 31.0 Å². The molecule has 0 aliphatic heterocycles. The summed E-state index contributed by atoms with van der Waals surface area (Å²) in [5.74, 6) is 0. The number of sulfonamides is 1. The maximum absolute atomic E-state index is 12.3. The van der Waals surface area contributed by atoms with Gasteiger partial charge in [0.15, 0.2) is 0 Å². The molecular weight excluding hydrogens is 312 g/mol. The molecule has 1 heterocycles. The number of aryl methyl sites for hydroxylation is 2. The Bertz CT molecular complexity index is 756. The molecule has 8 heteroatoms. The van der Waals surface area contributed by atoms with Crippen molar-refractivity contribution in [3.8, 4) is 0 Å². The Labute approximate surface area is 129 Å². The Hall–Kier alpha value is -1.57. The fraction of sp³-hybridized carbons (Fsp3) is 0.308. The molecule has 0 aliphatic rings. The molecular formula is C13H17ClN4O2S. The highest BCUT2D eigenvalue weighted by molar-refractivity contribution is 7.89. The highest BCUT2D eigenvalue weighted by atomic mass is 35.5. The zero-order valence-electron chi connectivity index (χ0n) is 11.8. The maximum Gasteiger partial charge on any atom is 0.242 e. The van der Waals surface area contributed by atoms with Crippen molar-refractivity contribution >= 4 is 27.3 Å². The van der Waals surface area contributed by atoms with Crippen LogP contribution >= 0.6 is 11.6 Å². The second kappa shape index (κ2) is 6.05. The van der Waals surface area contributed by atoms with Crippen molar-refractivity contribution in [3.05, 3.63) is 40.7 Å². The number of nitrogen functional groups attached to an aromatic ring is 1. The normalized spacial score (nSPS) is 11.8. The molecule has 0 unspecified atom stereocenters. The zero-order valence-corrected chi connectivity index (χ0v) is 13.4. The Kier molecular flexibility index (Phi) is 4.55. The Morgan fingerprint density at radius 1 is 1.43 bits per heavy atom. The number of hydrogen-bond donors (Lipinski definition) is 2. The number of nitrogens with two attached hydrogens (primary N) is 1. The molecule has 0 atom stereocenters. The van der Waals surface area contributed by atoms with Crippen LogP contribution in [-0.4, -0.2) is 18.2 Å². The molecule has 6 nitrogen and oxygen atoms in total. The molecule has 0 aliphatic carbocycles. The Balaban J connectivity index is 2.21. The summed E-state index contributed by atoms with van der Waals surface area (Å²) >= 11 is 5.94. The van der Waals surface area contributed by atoms with Gasteiger partial charge in [0.05, 0.1) is 10.7 Å². The molecule has 0 radical (unpaired) electrons. The van der Waals surface area contributed by atoms with E-state index in [1.165, 1.54) is 18.2 Å². The van der Waals surface area contributed by atoms with Crippen molar-refractivity contribution in [2.75, 3.05) is 5.73 Å². The standard InChI is InChI=1S/C13H17ClN4O2S/c1-3-12-9(8-18(2)17-12)7-16-21(19,20)13-5-4-10(15)6-11(13)14/h4-6,8,16H,3,7,15H2,1-2H3. The Morgan fingerprint density at radius 3 is 2.76 bits per heavy atom. The van der Waals surface area contributed by atoms with E-state index in [-0.39, 0.29) is 16.5 Å². The summed E-state index contributed by atoms with van der Waals surface area (Å²) in [4.78, 5) is 0.0142. The molecule has 0 saturated carbocycles. The van der Waals surface area contributed by atoms with Crippen LogP contribution in [0.15, 0.2) is 29.3 Å².